The summed E-state index contributed by atoms with van der Waals surface area (Å²) >= 11 is 0. The van der Waals surface area contributed by atoms with Crippen molar-refractivity contribution in [1.29, 1.82) is 0 Å². The van der Waals surface area contributed by atoms with Gasteiger partial charge in [0.05, 0.1) is 5.52 Å². The van der Waals surface area contributed by atoms with E-state index < -0.39 is 0 Å². The number of nitrogens with zero attached hydrogens (tertiary/aromatic N) is 1. The molecule has 0 amide bonds. The molecular formula is C19H20N2. The number of hydrogen-bond donors (Lipinski definition) is 1. The molecule has 3 aromatic rings. The molecule has 0 spiro atoms. The molecular weight excluding hydrogens is 256 g/mol. The van der Waals surface area contributed by atoms with Gasteiger partial charge in [-0.25, -0.2) is 0 Å². The van der Waals surface area contributed by atoms with Crippen LogP contribution in [0, 0.1) is 6.92 Å². The minimum Gasteiger partial charge on any atom is -0.306 e. The third kappa shape index (κ3) is 3.11. The molecule has 2 nitrogen and oxygen atoms in total. The highest BCUT2D eigenvalue weighted by atomic mass is 14.9. The van der Waals surface area contributed by atoms with E-state index >= 15 is 0 Å². The summed E-state index contributed by atoms with van der Waals surface area (Å²) in [4.78, 5) is 4.41. The number of nitrogens with one attached hydrogen (secondary N) is 1. The molecule has 0 aliphatic rings. The minimum atomic E-state index is 0.330. The van der Waals surface area contributed by atoms with E-state index in [-0.39, 0.29) is 0 Å². The summed E-state index contributed by atoms with van der Waals surface area (Å²) in [5, 5.41) is 4.83. The maximum atomic E-state index is 4.41. The van der Waals surface area contributed by atoms with E-state index in [1.54, 1.807) is 0 Å². The van der Waals surface area contributed by atoms with Gasteiger partial charge in [-0.1, -0.05) is 48.0 Å². The standard InChI is InChI=1S/C19H20N2/c1-14-6-5-7-16(12-14)15(2)21-13-17-10-11-20-19-9-4-3-8-18(17)19/h3-12,15,21H,13H2,1-2H3/t15-/m1/s1. The molecule has 0 fully saturated rings. The highest BCUT2D eigenvalue weighted by Gasteiger charge is 2.06. The predicted octanol–water partition coefficient (Wildman–Crippen LogP) is 4.39. The molecule has 0 radical (unpaired) electrons. The summed E-state index contributed by atoms with van der Waals surface area (Å²) in [5.41, 5.74) is 4.98. The smallest absolute Gasteiger partial charge is 0.0705 e. The number of aromatic nitrogens is 1. The van der Waals surface area contributed by atoms with Gasteiger partial charge < -0.3 is 5.32 Å². The molecule has 1 aromatic heterocycles. The van der Waals surface area contributed by atoms with Crippen LogP contribution in [0.25, 0.3) is 10.9 Å². The average Bonchev–Trinajstić information content (AvgIpc) is 2.52. The zero-order valence-corrected chi connectivity index (χ0v) is 12.5. The van der Waals surface area contributed by atoms with Crippen LogP contribution in [-0.2, 0) is 6.54 Å². The Morgan fingerprint density at radius 2 is 1.90 bits per heavy atom. The molecule has 0 saturated carbocycles. The quantitative estimate of drug-likeness (QED) is 0.764. The molecule has 0 aliphatic heterocycles. The van der Waals surface area contributed by atoms with Crippen LogP contribution in [0.15, 0.2) is 60.8 Å². The number of fused-ring (bicyclic) bond motifs is 1. The Balaban J connectivity index is 1.77. The summed E-state index contributed by atoms with van der Waals surface area (Å²) in [6.45, 7) is 5.18. The van der Waals surface area contributed by atoms with Crippen LogP contribution in [0.2, 0.25) is 0 Å². The third-order valence-electron chi connectivity index (χ3n) is 3.88. The van der Waals surface area contributed by atoms with Gasteiger partial charge in [-0.05, 0) is 37.1 Å². The molecule has 1 N–H and O–H groups in total. The van der Waals surface area contributed by atoms with Gasteiger partial charge in [-0.3, -0.25) is 4.98 Å². The fraction of sp³-hybridized carbons (Fsp3) is 0.211. The largest absolute Gasteiger partial charge is 0.306 e. The topological polar surface area (TPSA) is 24.9 Å². The van der Waals surface area contributed by atoms with Crippen molar-refractivity contribution >= 4 is 10.9 Å². The maximum absolute atomic E-state index is 4.41. The number of benzene rings is 2. The summed E-state index contributed by atoms with van der Waals surface area (Å²) in [5.74, 6) is 0. The summed E-state index contributed by atoms with van der Waals surface area (Å²) in [7, 11) is 0. The second kappa shape index (κ2) is 6.06. The van der Waals surface area contributed by atoms with Crippen molar-refractivity contribution in [3.8, 4) is 0 Å². The molecule has 106 valence electrons. The molecule has 0 aliphatic carbocycles. The third-order valence-corrected chi connectivity index (χ3v) is 3.88. The summed E-state index contributed by atoms with van der Waals surface area (Å²) in [6, 6.07) is 19.4. The normalized spacial score (nSPS) is 12.5. The second-order valence-electron chi connectivity index (χ2n) is 5.50. The number of pyridine rings is 1. The molecule has 21 heavy (non-hydrogen) atoms. The van der Waals surface area contributed by atoms with Crippen LogP contribution in [0.4, 0.5) is 0 Å². The first-order chi connectivity index (χ1) is 10.2. The van der Waals surface area contributed by atoms with Gasteiger partial charge in [0, 0.05) is 24.2 Å². The fourth-order valence-corrected chi connectivity index (χ4v) is 2.63. The van der Waals surface area contributed by atoms with E-state index in [1.165, 1.54) is 22.1 Å². The van der Waals surface area contributed by atoms with Crippen molar-refractivity contribution in [3.05, 3.63) is 77.5 Å². The van der Waals surface area contributed by atoms with E-state index in [9.17, 15) is 0 Å². The van der Waals surface area contributed by atoms with E-state index in [2.05, 4.69) is 72.7 Å². The summed E-state index contributed by atoms with van der Waals surface area (Å²) in [6.07, 6.45) is 1.89. The number of hydrogen-bond acceptors (Lipinski definition) is 2. The molecule has 1 heterocycles. The van der Waals surface area contributed by atoms with E-state index in [0.29, 0.717) is 6.04 Å². The van der Waals surface area contributed by atoms with Crippen LogP contribution in [0.1, 0.15) is 29.7 Å². The van der Waals surface area contributed by atoms with Crippen molar-refractivity contribution in [2.24, 2.45) is 0 Å². The van der Waals surface area contributed by atoms with Gasteiger partial charge in [-0.2, -0.15) is 0 Å². The monoisotopic (exact) mass is 276 g/mol. The lowest BCUT2D eigenvalue weighted by molar-refractivity contribution is 0.576. The lowest BCUT2D eigenvalue weighted by Gasteiger charge is -2.15. The highest BCUT2D eigenvalue weighted by molar-refractivity contribution is 5.81. The van der Waals surface area contributed by atoms with E-state index in [0.717, 1.165) is 12.1 Å². The van der Waals surface area contributed by atoms with Crippen molar-refractivity contribution in [2.75, 3.05) is 0 Å². The van der Waals surface area contributed by atoms with Crippen LogP contribution in [-0.4, -0.2) is 4.98 Å². The Kier molecular flexibility index (Phi) is 3.98. The minimum absolute atomic E-state index is 0.330. The van der Waals surface area contributed by atoms with Crippen molar-refractivity contribution in [1.82, 2.24) is 10.3 Å². The van der Waals surface area contributed by atoms with Gasteiger partial charge in [0.15, 0.2) is 0 Å². The van der Waals surface area contributed by atoms with Gasteiger partial charge in [-0.15, -0.1) is 0 Å². The Labute approximate surface area is 125 Å². The lowest BCUT2D eigenvalue weighted by Crippen LogP contribution is -2.18. The SMILES string of the molecule is Cc1cccc([C@@H](C)NCc2ccnc3ccccc23)c1. The molecule has 0 unspecified atom stereocenters. The molecule has 3 rings (SSSR count). The highest BCUT2D eigenvalue weighted by Crippen LogP contribution is 2.18. The Morgan fingerprint density at radius 1 is 1.05 bits per heavy atom. The molecule has 1 atom stereocenters. The molecule has 2 aromatic carbocycles. The van der Waals surface area contributed by atoms with Gasteiger partial charge in [0.2, 0.25) is 0 Å². The average molecular weight is 276 g/mol. The Bertz CT molecular complexity index is 744. The van der Waals surface area contributed by atoms with Gasteiger partial charge >= 0.3 is 0 Å². The molecule has 0 saturated heterocycles. The lowest BCUT2D eigenvalue weighted by atomic mass is 10.0. The predicted molar refractivity (Wildman–Crippen MR) is 88.2 cm³/mol. The first-order valence-electron chi connectivity index (χ1n) is 7.36. The second-order valence-corrected chi connectivity index (χ2v) is 5.50. The summed E-state index contributed by atoms with van der Waals surface area (Å²) < 4.78 is 0. The van der Waals surface area contributed by atoms with Crippen LogP contribution >= 0.6 is 0 Å². The first-order valence-corrected chi connectivity index (χ1v) is 7.36. The van der Waals surface area contributed by atoms with Crippen LogP contribution in [0.3, 0.4) is 0 Å². The number of rotatable bonds is 4. The van der Waals surface area contributed by atoms with Crippen LogP contribution < -0.4 is 5.32 Å². The molecule has 2 heteroatoms. The zero-order valence-electron chi connectivity index (χ0n) is 12.5. The van der Waals surface area contributed by atoms with E-state index in [4.69, 9.17) is 0 Å². The molecule has 0 bridgehead atoms. The van der Waals surface area contributed by atoms with Crippen molar-refractivity contribution in [3.63, 3.8) is 0 Å². The first kappa shape index (κ1) is 13.8. The maximum Gasteiger partial charge on any atom is 0.0705 e. The van der Waals surface area contributed by atoms with Gasteiger partial charge in [0.1, 0.15) is 0 Å². The van der Waals surface area contributed by atoms with Gasteiger partial charge in [0.25, 0.3) is 0 Å². The Hall–Kier alpha value is -2.19. The number of aryl methyl sites for hydroxylation is 1. The van der Waals surface area contributed by atoms with E-state index in [1.807, 2.05) is 12.3 Å². The number of para-hydroxylation sites is 1. The fourth-order valence-electron chi connectivity index (χ4n) is 2.63. The van der Waals surface area contributed by atoms with Crippen molar-refractivity contribution < 1.29 is 0 Å². The van der Waals surface area contributed by atoms with Crippen molar-refractivity contribution in [2.45, 2.75) is 26.4 Å². The van der Waals surface area contributed by atoms with Crippen LogP contribution in [0.5, 0.6) is 0 Å². The Morgan fingerprint density at radius 3 is 2.76 bits per heavy atom. The zero-order chi connectivity index (χ0) is 14.7.